The predicted octanol–water partition coefficient (Wildman–Crippen LogP) is -0.660. The molecule has 1 amide bonds. The molecule has 0 spiro atoms. The van der Waals surface area contributed by atoms with Crippen molar-refractivity contribution in [2.24, 2.45) is 0 Å². The van der Waals surface area contributed by atoms with Gasteiger partial charge in [0, 0.05) is 13.5 Å². The molecule has 6 nitrogen and oxygen atoms in total. The highest BCUT2D eigenvalue weighted by Gasteiger charge is 2.13. The maximum Gasteiger partial charge on any atom is 0.249 e. The number of amides is 1. The average Bonchev–Trinajstić information content (AvgIpc) is 2.44. The Morgan fingerprint density at radius 3 is 3.23 bits per heavy atom. The molecular formula is C7H11N5O. The van der Waals surface area contributed by atoms with Crippen molar-refractivity contribution in [1.29, 1.82) is 0 Å². The van der Waals surface area contributed by atoms with Gasteiger partial charge in [-0.25, -0.2) is 4.68 Å². The lowest BCUT2D eigenvalue weighted by atomic mass is 10.4. The van der Waals surface area contributed by atoms with Gasteiger partial charge in [0.1, 0.15) is 5.82 Å². The Morgan fingerprint density at radius 1 is 1.69 bits per heavy atom. The molecule has 0 saturated heterocycles. The van der Waals surface area contributed by atoms with Crippen LogP contribution in [0.15, 0.2) is 0 Å². The van der Waals surface area contributed by atoms with Crippen molar-refractivity contribution >= 4 is 11.9 Å². The van der Waals surface area contributed by atoms with Gasteiger partial charge in [-0.15, -0.1) is 5.10 Å². The third-order valence-electron chi connectivity index (χ3n) is 1.82. The van der Waals surface area contributed by atoms with Crippen LogP contribution in [0.1, 0.15) is 12.7 Å². The SMILES string of the molecule is CC(=O)Nc1nc2n(n1)CCNC2. The van der Waals surface area contributed by atoms with Gasteiger partial charge in [-0.2, -0.15) is 4.98 Å². The molecule has 70 valence electrons. The normalized spacial score (nSPS) is 15.2. The van der Waals surface area contributed by atoms with Crippen molar-refractivity contribution in [2.45, 2.75) is 20.0 Å². The summed E-state index contributed by atoms with van der Waals surface area (Å²) in [5, 5.41) is 9.85. The second kappa shape index (κ2) is 3.14. The van der Waals surface area contributed by atoms with Crippen LogP contribution in [0.25, 0.3) is 0 Å². The van der Waals surface area contributed by atoms with E-state index in [1.54, 1.807) is 0 Å². The number of hydrogen-bond donors (Lipinski definition) is 2. The van der Waals surface area contributed by atoms with Crippen LogP contribution in [0.5, 0.6) is 0 Å². The van der Waals surface area contributed by atoms with Gasteiger partial charge in [0.05, 0.1) is 13.1 Å². The topological polar surface area (TPSA) is 71.8 Å². The summed E-state index contributed by atoms with van der Waals surface area (Å²) in [6.07, 6.45) is 0. The number of fused-ring (bicyclic) bond motifs is 1. The number of nitrogens with zero attached hydrogens (tertiary/aromatic N) is 3. The average molecular weight is 181 g/mol. The van der Waals surface area contributed by atoms with Gasteiger partial charge in [0.15, 0.2) is 0 Å². The summed E-state index contributed by atoms with van der Waals surface area (Å²) in [6, 6.07) is 0. The Bertz CT molecular complexity index is 308. The van der Waals surface area contributed by atoms with E-state index in [4.69, 9.17) is 0 Å². The third-order valence-corrected chi connectivity index (χ3v) is 1.82. The second-order valence-electron chi connectivity index (χ2n) is 2.93. The van der Waals surface area contributed by atoms with E-state index in [9.17, 15) is 4.79 Å². The zero-order valence-electron chi connectivity index (χ0n) is 7.37. The Morgan fingerprint density at radius 2 is 2.54 bits per heavy atom. The molecule has 0 saturated carbocycles. The summed E-state index contributed by atoms with van der Waals surface area (Å²) < 4.78 is 1.81. The lowest BCUT2D eigenvalue weighted by molar-refractivity contribution is -0.114. The van der Waals surface area contributed by atoms with Crippen LogP contribution in [0.4, 0.5) is 5.95 Å². The first-order valence-electron chi connectivity index (χ1n) is 4.18. The van der Waals surface area contributed by atoms with Crippen LogP contribution in [0.3, 0.4) is 0 Å². The third kappa shape index (κ3) is 1.67. The molecule has 6 heteroatoms. The summed E-state index contributed by atoms with van der Waals surface area (Å²) in [6.45, 7) is 3.86. The molecule has 0 bridgehead atoms. The van der Waals surface area contributed by atoms with Crippen LogP contribution in [0.2, 0.25) is 0 Å². The number of carbonyl (C=O) groups excluding carboxylic acids is 1. The molecule has 0 aromatic carbocycles. The van der Waals surface area contributed by atoms with Crippen LogP contribution in [0, 0.1) is 0 Å². The molecule has 2 rings (SSSR count). The van der Waals surface area contributed by atoms with Crippen LogP contribution in [-0.2, 0) is 17.9 Å². The molecule has 1 aromatic heterocycles. The Kier molecular flexibility index (Phi) is 1.97. The number of nitrogens with one attached hydrogen (secondary N) is 2. The summed E-state index contributed by atoms with van der Waals surface area (Å²) >= 11 is 0. The fourth-order valence-corrected chi connectivity index (χ4v) is 1.28. The summed E-state index contributed by atoms with van der Waals surface area (Å²) in [5.41, 5.74) is 0. The van der Waals surface area contributed by atoms with Crippen LogP contribution < -0.4 is 10.6 Å². The Labute approximate surface area is 75.3 Å². The van der Waals surface area contributed by atoms with Crippen molar-refractivity contribution in [1.82, 2.24) is 20.1 Å². The van der Waals surface area contributed by atoms with Crippen LogP contribution >= 0.6 is 0 Å². The number of carbonyl (C=O) groups is 1. The molecule has 2 N–H and O–H groups in total. The minimum atomic E-state index is -0.143. The fourth-order valence-electron chi connectivity index (χ4n) is 1.28. The number of rotatable bonds is 1. The minimum Gasteiger partial charge on any atom is -0.308 e. The fraction of sp³-hybridized carbons (Fsp3) is 0.571. The highest BCUT2D eigenvalue weighted by Crippen LogP contribution is 2.05. The quantitative estimate of drug-likeness (QED) is 0.603. The van der Waals surface area contributed by atoms with E-state index >= 15 is 0 Å². The first-order chi connectivity index (χ1) is 6.25. The highest BCUT2D eigenvalue weighted by molar-refractivity contribution is 5.86. The highest BCUT2D eigenvalue weighted by atomic mass is 16.1. The number of hydrogen-bond acceptors (Lipinski definition) is 4. The Hall–Kier alpha value is -1.43. The van der Waals surface area contributed by atoms with Crippen molar-refractivity contribution in [2.75, 3.05) is 11.9 Å². The standard InChI is InChI=1S/C7H11N5O/c1-5(13)9-7-10-6-4-8-2-3-12(6)11-7/h8H,2-4H2,1H3,(H,9,11,13). The van der Waals surface area contributed by atoms with Gasteiger partial charge in [-0.3, -0.25) is 10.1 Å². The molecule has 1 aromatic rings. The van der Waals surface area contributed by atoms with Gasteiger partial charge >= 0.3 is 0 Å². The lowest BCUT2D eigenvalue weighted by Crippen LogP contribution is -2.28. The Balaban J connectivity index is 2.20. The monoisotopic (exact) mass is 181 g/mol. The molecule has 0 fully saturated rings. The van der Waals surface area contributed by atoms with Gasteiger partial charge in [-0.1, -0.05) is 0 Å². The molecule has 0 atom stereocenters. The predicted molar refractivity (Wildman–Crippen MR) is 46.0 cm³/mol. The van der Waals surface area contributed by atoms with Gasteiger partial charge in [-0.05, 0) is 0 Å². The first kappa shape index (κ1) is 8.18. The zero-order chi connectivity index (χ0) is 9.26. The van der Waals surface area contributed by atoms with Crippen molar-refractivity contribution < 1.29 is 4.79 Å². The molecule has 13 heavy (non-hydrogen) atoms. The molecule has 2 heterocycles. The van der Waals surface area contributed by atoms with E-state index in [0.29, 0.717) is 12.5 Å². The smallest absolute Gasteiger partial charge is 0.249 e. The maximum atomic E-state index is 10.7. The molecule has 1 aliphatic heterocycles. The largest absolute Gasteiger partial charge is 0.308 e. The van der Waals surface area contributed by atoms with E-state index in [1.165, 1.54) is 6.92 Å². The molecule has 0 radical (unpaired) electrons. The maximum absolute atomic E-state index is 10.7. The summed E-state index contributed by atoms with van der Waals surface area (Å²) in [5.74, 6) is 1.12. The molecule has 0 aliphatic carbocycles. The summed E-state index contributed by atoms with van der Waals surface area (Å²) in [4.78, 5) is 14.9. The molecule has 0 unspecified atom stereocenters. The van der Waals surface area contributed by atoms with E-state index in [-0.39, 0.29) is 5.91 Å². The van der Waals surface area contributed by atoms with E-state index in [1.807, 2.05) is 4.68 Å². The van der Waals surface area contributed by atoms with E-state index in [2.05, 4.69) is 20.7 Å². The van der Waals surface area contributed by atoms with Crippen LogP contribution in [-0.4, -0.2) is 27.2 Å². The number of aromatic nitrogens is 3. The van der Waals surface area contributed by atoms with Crippen molar-refractivity contribution in [3.05, 3.63) is 5.82 Å². The van der Waals surface area contributed by atoms with Gasteiger partial charge < -0.3 is 5.32 Å². The van der Waals surface area contributed by atoms with E-state index in [0.717, 1.165) is 18.9 Å². The molecular weight excluding hydrogens is 170 g/mol. The van der Waals surface area contributed by atoms with E-state index < -0.39 is 0 Å². The second-order valence-corrected chi connectivity index (χ2v) is 2.93. The minimum absolute atomic E-state index is 0.143. The zero-order valence-corrected chi connectivity index (χ0v) is 7.37. The summed E-state index contributed by atoms with van der Waals surface area (Å²) in [7, 11) is 0. The first-order valence-corrected chi connectivity index (χ1v) is 4.18. The number of anilines is 1. The van der Waals surface area contributed by atoms with Crippen molar-refractivity contribution in [3.63, 3.8) is 0 Å². The lowest BCUT2D eigenvalue weighted by Gasteiger charge is -2.11. The van der Waals surface area contributed by atoms with Crippen molar-refractivity contribution in [3.8, 4) is 0 Å². The molecule has 1 aliphatic rings. The van der Waals surface area contributed by atoms with Gasteiger partial charge in [0.25, 0.3) is 0 Å². The van der Waals surface area contributed by atoms with Gasteiger partial charge in [0.2, 0.25) is 11.9 Å².